The number of amides is 1. The van der Waals surface area contributed by atoms with Gasteiger partial charge < -0.3 is 19.4 Å². The molecule has 0 atom stereocenters. The first-order valence-corrected chi connectivity index (χ1v) is 10.1. The summed E-state index contributed by atoms with van der Waals surface area (Å²) >= 11 is 5.90. The highest BCUT2D eigenvalue weighted by Gasteiger charge is 2.10. The summed E-state index contributed by atoms with van der Waals surface area (Å²) in [6.07, 6.45) is 2.47. The van der Waals surface area contributed by atoms with Crippen molar-refractivity contribution in [2.24, 2.45) is 0 Å². The molecule has 0 aliphatic carbocycles. The van der Waals surface area contributed by atoms with E-state index in [2.05, 4.69) is 16.0 Å². The largest absolute Gasteiger partial charge is 0.494 e. The van der Waals surface area contributed by atoms with Crippen LogP contribution in [0, 0.1) is 0 Å². The van der Waals surface area contributed by atoms with Crippen molar-refractivity contribution in [3.63, 3.8) is 0 Å². The Morgan fingerprint density at radius 3 is 2.72 bits per heavy atom. The Balaban J connectivity index is 1.56. The smallest absolute Gasteiger partial charge is 0.245 e. The van der Waals surface area contributed by atoms with Gasteiger partial charge in [0.25, 0.3) is 0 Å². The first kappa shape index (κ1) is 21.1. The maximum absolute atomic E-state index is 11.5. The normalized spacial score (nSPS) is 11.0. The number of halogens is 1. The molecule has 1 aromatic heterocycles. The molecule has 1 heterocycles. The van der Waals surface area contributed by atoms with Crippen LogP contribution >= 0.6 is 11.6 Å². The van der Waals surface area contributed by atoms with Crippen molar-refractivity contribution in [2.45, 2.75) is 25.8 Å². The third-order valence-corrected chi connectivity index (χ3v) is 4.77. The molecule has 0 fully saturated rings. The molecule has 6 nitrogen and oxygen atoms in total. The molecule has 1 amide bonds. The lowest BCUT2D eigenvalue weighted by Crippen LogP contribution is -2.28. The second-order valence-electron chi connectivity index (χ2n) is 6.71. The molecule has 0 radical (unpaired) electrons. The number of hydrogen-bond donors (Lipinski definition) is 1. The number of methoxy groups -OCH3 is 1. The molecule has 3 aromatic rings. The van der Waals surface area contributed by atoms with Crippen LogP contribution in [-0.4, -0.2) is 42.3 Å². The van der Waals surface area contributed by atoms with E-state index in [0.717, 1.165) is 48.4 Å². The lowest BCUT2D eigenvalue weighted by atomic mass is 10.2. The number of aryl methyl sites for hydroxylation is 2. The quantitative estimate of drug-likeness (QED) is 0.483. The van der Waals surface area contributed by atoms with Crippen molar-refractivity contribution in [3.8, 4) is 5.75 Å². The second kappa shape index (κ2) is 10.8. The van der Waals surface area contributed by atoms with E-state index in [0.29, 0.717) is 18.2 Å². The SMILES string of the molecule is COCC(=O)NCCCc1nc2ccccc2n1CCCOc1ccc(Cl)cc1. The summed E-state index contributed by atoms with van der Waals surface area (Å²) in [6.45, 7) is 2.12. The summed E-state index contributed by atoms with van der Waals surface area (Å²) in [6, 6.07) is 15.5. The minimum Gasteiger partial charge on any atom is -0.494 e. The summed E-state index contributed by atoms with van der Waals surface area (Å²) in [5, 5.41) is 3.55. The van der Waals surface area contributed by atoms with Crippen molar-refractivity contribution in [3.05, 3.63) is 59.4 Å². The maximum atomic E-state index is 11.5. The summed E-state index contributed by atoms with van der Waals surface area (Å²) in [5.41, 5.74) is 2.11. The fourth-order valence-electron chi connectivity index (χ4n) is 3.17. The van der Waals surface area contributed by atoms with E-state index in [9.17, 15) is 4.79 Å². The van der Waals surface area contributed by atoms with E-state index in [1.165, 1.54) is 7.11 Å². The molecule has 7 heteroatoms. The molecule has 154 valence electrons. The number of para-hydroxylation sites is 2. The van der Waals surface area contributed by atoms with Crippen molar-refractivity contribution >= 4 is 28.5 Å². The fraction of sp³-hybridized carbons (Fsp3) is 0.364. The molecule has 1 N–H and O–H groups in total. The van der Waals surface area contributed by atoms with Crippen LogP contribution in [-0.2, 0) is 22.5 Å². The standard InChI is InChI=1S/C22H26ClN3O3/c1-28-16-22(27)24-13-4-8-21-25-19-6-2-3-7-20(19)26(21)14-5-15-29-18-11-9-17(23)10-12-18/h2-3,6-7,9-12H,4-5,8,13-16H2,1H3,(H,24,27). The molecule has 3 rings (SSSR count). The molecule has 0 aliphatic heterocycles. The van der Waals surface area contributed by atoms with E-state index < -0.39 is 0 Å². The summed E-state index contributed by atoms with van der Waals surface area (Å²) in [7, 11) is 1.51. The molecule has 0 saturated carbocycles. The van der Waals surface area contributed by atoms with Crippen LogP contribution in [0.15, 0.2) is 48.5 Å². The summed E-state index contributed by atoms with van der Waals surface area (Å²) in [5.74, 6) is 1.75. The van der Waals surface area contributed by atoms with E-state index in [4.69, 9.17) is 26.1 Å². The average molecular weight is 416 g/mol. The van der Waals surface area contributed by atoms with Crippen LogP contribution in [0.25, 0.3) is 11.0 Å². The van der Waals surface area contributed by atoms with Crippen molar-refractivity contribution in [2.75, 3.05) is 26.9 Å². The van der Waals surface area contributed by atoms with Gasteiger partial charge in [0.1, 0.15) is 18.2 Å². The predicted octanol–water partition coefficient (Wildman–Crippen LogP) is 3.85. The van der Waals surface area contributed by atoms with Gasteiger partial charge in [-0.05, 0) is 49.2 Å². The van der Waals surface area contributed by atoms with E-state index in [1.54, 1.807) is 0 Å². The number of nitrogens with one attached hydrogen (secondary N) is 1. The fourth-order valence-corrected chi connectivity index (χ4v) is 3.29. The molecule has 0 bridgehead atoms. The Bertz CT molecular complexity index is 925. The number of rotatable bonds is 11. The van der Waals surface area contributed by atoms with Gasteiger partial charge >= 0.3 is 0 Å². The molecule has 29 heavy (non-hydrogen) atoms. The maximum Gasteiger partial charge on any atom is 0.245 e. The number of imidazole rings is 1. The molecule has 0 saturated heterocycles. The van der Waals surface area contributed by atoms with Crippen LogP contribution in [0.2, 0.25) is 5.02 Å². The molecular formula is C22H26ClN3O3. The van der Waals surface area contributed by atoms with Crippen LogP contribution in [0.1, 0.15) is 18.7 Å². The van der Waals surface area contributed by atoms with Crippen LogP contribution in [0.5, 0.6) is 5.75 Å². The minimum atomic E-state index is -0.0969. The number of benzene rings is 2. The second-order valence-corrected chi connectivity index (χ2v) is 7.15. The van der Waals surface area contributed by atoms with Crippen LogP contribution in [0.4, 0.5) is 0 Å². The first-order valence-electron chi connectivity index (χ1n) is 9.75. The Kier molecular flexibility index (Phi) is 7.90. The topological polar surface area (TPSA) is 65.4 Å². The van der Waals surface area contributed by atoms with E-state index in [-0.39, 0.29) is 12.5 Å². The average Bonchev–Trinajstić information content (AvgIpc) is 3.07. The Labute approximate surface area is 175 Å². The van der Waals surface area contributed by atoms with E-state index in [1.807, 2.05) is 42.5 Å². The highest BCUT2D eigenvalue weighted by atomic mass is 35.5. The molecule has 0 aliphatic rings. The van der Waals surface area contributed by atoms with Gasteiger partial charge in [0, 0.05) is 31.6 Å². The van der Waals surface area contributed by atoms with Gasteiger partial charge in [-0.3, -0.25) is 4.79 Å². The number of nitrogens with zero attached hydrogens (tertiary/aromatic N) is 2. The zero-order chi connectivity index (χ0) is 20.5. The number of ether oxygens (including phenoxy) is 2. The van der Waals surface area contributed by atoms with Gasteiger partial charge in [0.15, 0.2) is 0 Å². The first-order chi connectivity index (χ1) is 14.2. The number of fused-ring (bicyclic) bond motifs is 1. The van der Waals surface area contributed by atoms with Gasteiger partial charge in [-0.2, -0.15) is 0 Å². The molecular weight excluding hydrogens is 390 g/mol. The van der Waals surface area contributed by atoms with Crippen LogP contribution < -0.4 is 10.1 Å². The van der Waals surface area contributed by atoms with Crippen molar-refractivity contribution < 1.29 is 14.3 Å². The number of carbonyl (C=O) groups is 1. The monoisotopic (exact) mass is 415 g/mol. The molecule has 0 spiro atoms. The van der Waals surface area contributed by atoms with Crippen molar-refractivity contribution in [1.82, 2.24) is 14.9 Å². The highest BCUT2D eigenvalue weighted by molar-refractivity contribution is 6.30. The number of carbonyl (C=O) groups excluding carboxylic acids is 1. The van der Waals surface area contributed by atoms with Gasteiger partial charge in [-0.1, -0.05) is 23.7 Å². The third-order valence-electron chi connectivity index (χ3n) is 4.52. The van der Waals surface area contributed by atoms with Gasteiger partial charge in [-0.25, -0.2) is 4.98 Å². The lowest BCUT2D eigenvalue weighted by molar-refractivity contribution is -0.124. The Hall–Kier alpha value is -2.57. The predicted molar refractivity (Wildman–Crippen MR) is 115 cm³/mol. The van der Waals surface area contributed by atoms with Crippen LogP contribution in [0.3, 0.4) is 0 Å². The molecule has 0 unspecified atom stereocenters. The Morgan fingerprint density at radius 1 is 1.14 bits per heavy atom. The lowest BCUT2D eigenvalue weighted by Gasteiger charge is -2.11. The Morgan fingerprint density at radius 2 is 1.93 bits per heavy atom. The minimum absolute atomic E-state index is 0.0894. The molecule has 2 aromatic carbocycles. The van der Waals surface area contributed by atoms with Gasteiger partial charge in [0.2, 0.25) is 5.91 Å². The number of aromatic nitrogens is 2. The highest BCUT2D eigenvalue weighted by Crippen LogP contribution is 2.19. The summed E-state index contributed by atoms with van der Waals surface area (Å²) < 4.78 is 12.9. The van der Waals surface area contributed by atoms with Gasteiger partial charge in [0.05, 0.1) is 17.6 Å². The van der Waals surface area contributed by atoms with Gasteiger partial charge in [-0.15, -0.1) is 0 Å². The number of hydrogen-bond acceptors (Lipinski definition) is 4. The summed E-state index contributed by atoms with van der Waals surface area (Å²) in [4.78, 5) is 16.3. The third kappa shape index (κ3) is 6.21. The van der Waals surface area contributed by atoms with Crippen molar-refractivity contribution in [1.29, 1.82) is 0 Å². The zero-order valence-electron chi connectivity index (χ0n) is 16.6. The van der Waals surface area contributed by atoms with E-state index >= 15 is 0 Å². The zero-order valence-corrected chi connectivity index (χ0v) is 17.3.